The minimum Gasteiger partial charge on any atom is -0.459 e. The van der Waals surface area contributed by atoms with Crippen molar-refractivity contribution in [1.82, 2.24) is 9.96 Å². The molecule has 1 fully saturated rings. The van der Waals surface area contributed by atoms with Gasteiger partial charge in [0.2, 0.25) is 0 Å². The van der Waals surface area contributed by atoms with E-state index >= 15 is 0 Å². The summed E-state index contributed by atoms with van der Waals surface area (Å²) in [7, 11) is 2.03. The predicted molar refractivity (Wildman–Crippen MR) is 76.1 cm³/mol. The zero-order valence-corrected chi connectivity index (χ0v) is 12.1. The number of ether oxygens (including phenoxy) is 1. The highest BCUT2D eigenvalue weighted by molar-refractivity contribution is 5.70. The molecular formula is C15H20N2O4. The van der Waals surface area contributed by atoms with Crippen molar-refractivity contribution in [3.8, 4) is 0 Å². The van der Waals surface area contributed by atoms with E-state index in [0.717, 1.165) is 18.7 Å². The van der Waals surface area contributed by atoms with Crippen LogP contribution in [-0.2, 0) is 19.2 Å². The van der Waals surface area contributed by atoms with Gasteiger partial charge in [0.1, 0.15) is 6.10 Å². The molecule has 0 amide bonds. The van der Waals surface area contributed by atoms with Crippen LogP contribution in [0.5, 0.6) is 0 Å². The first-order chi connectivity index (χ1) is 10.2. The van der Waals surface area contributed by atoms with Crippen molar-refractivity contribution in [2.45, 2.75) is 12.5 Å². The van der Waals surface area contributed by atoms with E-state index in [0.29, 0.717) is 19.6 Å². The first-order valence-electron chi connectivity index (χ1n) is 6.97. The largest absolute Gasteiger partial charge is 0.459 e. The SMILES string of the molecule is CN1CCN(OC(=O)CC(OC=O)c2ccccc2)CC1. The summed E-state index contributed by atoms with van der Waals surface area (Å²) in [6, 6.07) is 9.17. The highest BCUT2D eigenvalue weighted by atomic mass is 16.7. The number of benzene rings is 1. The summed E-state index contributed by atoms with van der Waals surface area (Å²) in [6.45, 7) is 3.46. The van der Waals surface area contributed by atoms with Gasteiger partial charge in [-0.2, -0.15) is 0 Å². The molecule has 6 heteroatoms. The lowest BCUT2D eigenvalue weighted by Crippen LogP contribution is -2.45. The number of hydrogen-bond acceptors (Lipinski definition) is 6. The van der Waals surface area contributed by atoms with Crippen molar-refractivity contribution >= 4 is 12.4 Å². The van der Waals surface area contributed by atoms with Crippen molar-refractivity contribution in [2.24, 2.45) is 0 Å². The van der Waals surface area contributed by atoms with Gasteiger partial charge in [0, 0.05) is 26.2 Å². The molecule has 1 aromatic carbocycles. The van der Waals surface area contributed by atoms with Crippen LogP contribution in [0.25, 0.3) is 0 Å². The molecule has 0 radical (unpaired) electrons. The Kier molecular flexibility index (Phi) is 5.71. The van der Waals surface area contributed by atoms with Crippen LogP contribution in [0.2, 0.25) is 0 Å². The van der Waals surface area contributed by atoms with E-state index in [-0.39, 0.29) is 6.42 Å². The van der Waals surface area contributed by atoms with Gasteiger partial charge >= 0.3 is 5.97 Å². The maximum atomic E-state index is 12.0. The van der Waals surface area contributed by atoms with Crippen LogP contribution < -0.4 is 0 Å². The predicted octanol–water partition coefficient (Wildman–Crippen LogP) is 0.996. The van der Waals surface area contributed by atoms with Crippen molar-refractivity contribution < 1.29 is 19.2 Å². The number of nitrogens with zero attached hydrogens (tertiary/aromatic N) is 2. The Labute approximate surface area is 124 Å². The number of likely N-dealkylation sites (N-methyl/N-ethyl adjacent to an activating group) is 1. The molecule has 1 atom stereocenters. The zero-order valence-electron chi connectivity index (χ0n) is 12.1. The smallest absolute Gasteiger partial charge is 0.329 e. The van der Waals surface area contributed by atoms with E-state index in [4.69, 9.17) is 9.57 Å². The highest BCUT2D eigenvalue weighted by Gasteiger charge is 2.22. The average Bonchev–Trinajstić information content (AvgIpc) is 2.50. The molecule has 0 N–H and O–H groups in total. The summed E-state index contributed by atoms with van der Waals surface area (Å²) >= 11 is 0. The number of carbonyl (C=O) groups excluding carboxylic acids is 2. The van der Waals surface area contributed by atoms with Gasteiger partial charge in [-0.05, 0) is 12.6 Å². The minimum atomic E-state index is -0.608. The molecule has 1 unspecified atom stereocenters. The van der Waals surface area contributed by atoms with Crippen molar-refractivity contribution in [3.05, 3.63) is 35.9 Å². The standard InChI is InChI=1S/C15H20N2O4/c1-16-7-9-17(10-8-16)21-15(19)11-14(20-12-18)13-5-3-2-4-6-13/h2-6,12,14H,7-11H2,1H3. The van der Waals surface area contributed by atoms with Gasteiger partial charge in [-0.1, -0.05) is 30.3 Å². The third-order valence-electron chi connectivity index (χ3n) is 3.44. The summed E-state index contributed by atoms with van der Waals surface area (Å²) in [4.78, 5) is 30.1. The van der Waals surface area contributed by atoms with Gasteiger partial charge in [-0.25, -0.2) is 0 Å². The van der Waals surface area contributed by atoms with Crippen LogP contribution in [-0.4, -0.2) is 55.6 Å². The van der Waals surface area contributed by atoms with Crippen LogP contribution in [0.3, 0.4) is 0 Å². The summed E-state index contributed by atoms with van der Waals surface area (Å²) < 4.78 is 5.00. The number of piperazine rings is 1. The van der Waals surface area contributed by atoms with Crippen molar-refractivity contribution in [1.29, 1.82) is 0 Å². The molecule has 0 saturated carbocycles. The molecular weight excluding hydrogens is 272 g/mol. The number of carbonyl (C=O) groups is 2. The van der Waals surface area contributed by atoms with Gasteiger partial charge in [0.05, 0.1) is 6.42 Å². The highest BCUT2D eigenvalue weighted by Crippen LogP contribution is 2.21. The van der Waals surface area contributed by atoms with Gasteiger partial charge in [0.25, 0.3) is 6.47 Å². The lowest BCUT2D eigenvalue weighted by Gasteiger charge is -2.31. The van der Waals surface area contributed by atoms with E-state index in [1.165, 1.54) is 0 Å². The lowest BCUT2D eigenvalue weighted by molar-refractivity contribution is -0.199. The number of hydrogen-bond donors (Lipinski definition) is 0. The molecule has 0 aliphatic carbocycles. The van der Waals surface area contributed by atoms with Gasteiger partial charge in [-0.3, -0.25) is 9.59 Å². The average molecular weight is 292 g/mol. The Bertz CT molecular complexity index is 458. The van der Waals surface area contributed by atoms with E-state index in [9.17, 15) is 9.59 Å². The van der Waals surface area contributed by atoms with Gasteiger partial charge in [0.15, 0.2) is 0 Å². The van der Waals surface area contributed by atoms with Crippen LogP contribution in [0.15, 0.2) is 30.3 Å². The molecule has 1 heterocycles. The first-order valence-corrected chi connectivity index (χ1v) is 6.97. The molecule has 0 bridgehead atoms. The second kappa shape index (κ2) is 7.75. The summed E-state index contributed by atoms with van der Waals surface area (Å²) in [5, 5.41) is 1.66. The second-order valence-corrected chi connectivity index (χ2v) is 5.03. The summed E-state index contributed by atoms with van der Waals surface area (Å²) in [6.07, 6.45) is -0.599. The normalized spacial score (nSPS) is 18.0. The quantitative estimate of drug-likeness (QED) is 0.729. The second-order valence-electron chi connectivity index (χ2n) is 5.03. The fourth-order valence-electron chi connectivity index (χ4n) is 2.19. The van der Waals surface area contributed by atoms with E-state index in [2.05, 4.69) is 4.90 Å². The molecule has 1 saturated heterocycles. The Morgan fingerprint density at radius 3 is 2.52 bits per heavy atom. The first kappa shape index (κ1) is 15.5. The van der Waals surface area contributed by atoms with Crippen LogP contribution in [0.4, 0.5) is 0 Å². The molecule has 114 valence electrons. The number of hydroxylamine groups is 2. The molecule has 1 aliphatic rings. The Balaban J connectivity index is 1.88. The summed E-state index contributed by atoms with van der Waals surface area (Å²) in [5.41, 5.74) is 0.778. The molecule has 2 rings (SSSR count). The minimum absolute atomic E-state index is 0.00902. The van der Waals surface area contributed by atoms with Crippen molar-refractivity contribution in [3.63, 3.8) is 0 Å². The van der Waals surface area contributed by atoms with Gasteiger partial charge < -0.3 is 14.5 Å². The third-order valence-corrected chi connectivity index (χ3v) is 3.44. The molecule has 21 heavy (non-hydrogen) atoms. The summed E-state index contributed by atoms with van der Waals surface area (Å²) in [5.74, 6) is -0.393. The number of rotatable bonds is 6. The topological polar surface area (TPSA) is 59.1 Å². The zero-order chi connectivity index (χ0) is 15.1. The maximum absolute atomic E-state index is 12.0. The van der Waals surface area contributed by atoms with Gasteiger partial charge in [-0.15, -0.1) is 5.06 Å². The monoisotopic (exact) mass is 292 g/mol. The van der Waals surface area contributed by atoms with Crippen molar-refractivity contribution in [2.75, 3.05) is 33.2 Å². The lowest BCUT2D eigenvalue weighted by atomic mass is 10.1. The Hall–Kier alpha value is -1.92. The van der Waals surface area contributed by atoms with E-state index in [1.807, 2.05) is 37.4 Å². The van der Waals surface area contributed by atoms with Crippen LogP contribution >= 0.6 is 0 Å². The van der Waals surface area contributed by atoms with Crippen LogP contribution in [0, 0.1) is 0 Å². The Morgan fingerprint density at radius 1 is 1.24 bits per heavy atom. The molecule has 0 spiro atoms. The maximum Gasteiger partial charge on any atom is 0.329 e. The van der Waals surface area contributed by atoms with E-state index < -0.39 is 12.1 Å². The third kappa shape index (κ3) is 4.84. The molecule has 1 aromatic rings. The Morgan fingerprint density at radius 2 is 1.90 bits per heavy atom. The van der Waals surface area contributed by atoms with Crippen LogP contribution in [0.1, 0.15) is 18.1 Å². The molecule has 1 aliphatic heterocycles. The molecule has 0 aromatic heterocycles. The fraction of sp³-hybridized carbons (Fsp3) is 0.467. The fourth-order valence-corrected chi connectivity index (χ4v) is 2.19. The van der Waals surface area contributed by atoms with E-state index in [1.54, 1.807) is 5.06 Å². The molecule has 6 nitrogen and oxygen atoms in total.